The summed E-state index contributed by atoms with van der Waals surface area (Å²) in [5.41, 5.74) is 1.82. The minimum Gasteiger partial charge on any atom is -0.506 e. The Labute approximate surface area is 163 Å². The maximum Gasteiger partial charge on any atom is 0.337 e. The highest BCUT2D eigenvalue weighted by Crippen LogP contribution is 2.24. The third-order valence-electron chi connectivity index (χ3n) is 4.12. The summed E-state index contributed by atoms with van der Waals surface area (Å²) in [4.78, 5) is 35.6. The van der Waals surface area contributed by atoms with Crippen LogP contribution in [0.5, 0.6) is 5.75 Å². The molecule has 0 fully saturated rings. The number of phenols is 1. The lowest BCUT2D eigenvalue weighted by atomic mass is 9.87. The topological polar surface area (TPSA) is 105 Å². The molecule has 0 aliphatic carbocycles. The largest absolute Gasteiger partial charge is 0.506 e. The normalized spacial score (nSPS) is 10.9. The van der Waals surface area contributed by atoms with Crippen molar-refractivity contribution in [3.63, 3.8) is 0 Å². The maximum absolute atomic E-state index is 12.2. The fourth-order valence-electron chi connectivity index (χ4n) is 2.46. The van der Waals surface area contributed by atoms with E-state index in [2.05, 4.69) is 36.1 Å². The molecular formula is C21H24N2O5. The molecule has 0 bridgehead atoms. The average molecular weight is 384 g/mol. The molecule has 0 aliphatic heterocycles. The summed E-state index contributed by atoms with van der Waals surface area (Å²) < 4.78 is 4.56. The van der Waals surface area contributed by atoms with Crippen molar-refractivity contribution >= 4 is 23.5 Å². The number of phenolic OH excluding ortho intramolecular Hbond substituents is 1. The summed E-state index contributed by atoms with van der Waals surface area (Å²) in [5.74, 6) is -1.76. The second kappa shape index (κ2) is 8.56. The lowest BCUT2D eigenvalue weighted by Crippen LogP contribution is -2.32. The number of esters is 1. The molecule has 148 valence electrons. The number of rotatable bonds is 5. The molecule has 0 aromatic heterocycles. The summed E-state index contributed by atoms with van der Waals surface area (Å²) in [5, 5.41) is 14.9. The van der Waals surface area contributed by atoms with E-state index in [4.69, 9.17) is 0 Å². The summed E-state index contributed by atoms with van der Waals surface area (Å²) in [6.45, 7) is 5.98. The summed E-state index contributed by atoms with van der Waals surface area (Å²) >= 11 is 0. The van der Waals surface area contributed by atoms with Gasteiger partial charge in [0.1, 0.15) is 5.75 Å². The second-order valence-electron chi connectivity index (χ2n) is 7.28. The minimum atomic E-state index is -0.599. The van der Waals surface area contributed by atoms with Gasteiger partial charge in [-0.1, -0.05) is 32.9 Å². The van der Waals surface area contributed by atoms with Crippen molar-refractivity contribution in [1.29, 1.82) is 0 Å². The van der Waals surface area contributed by atoms with Crippen molar-refractivity contribution in [3.8, 4) is 5.75 Å². The lowest BCUT2D eigenvalue weighted by molar-refractivity contribution is -0.115. The quantitative estimate of drug-likeness (QED) is 0.543. The molecule has 0 atom stereocenters. The molecular weight excluding hydrogens is 360 g/mol. The number of carbonyl (C=O) groups is 3. The van der Waals surface area contributed by atoms with E-state index in [-0.39, 0.29) is 34.9 Å². The number of hydrogen-bond acceptors (Lipinski definition) is 5. The Balaban J connectivity index is 1.93. The third-order valence-corrected chi connectivity index (χ3v) is 4.12. The molecule has 7 heteroatoms. The number of aromatic hydroxyl groups is 1. The highest BCUT2D eigenvalue weighted by molar-refractivity contribution is 6.00. The van der Waals surface area contributed by atoms with Crippen molar-refractivity contribution in [2.75, 3.05) is 19.0 Å². The number of methoxy groups -OCH3 is 1. The van der Waals surface area contributed by atoms with Gasteiger partial charge in [-0.25, -0.2) is 4.79 Å². The average Bonchev–Trinajstić information content (AvgIpc) is 2.66. The van der Waals surface area contributed by atoms with Gasteiger partial charge in [0.25, 0.3) is 5.91 Å². The first kappa shape index (κ1) is 21.0. The van der Waals surface area contributed by atoms with E-state index in [0.717, 1.165) is 5.56 Å². The standard InChI is InChI=1S/C21H24N2O5/c1-21(2,3)15-8-5-13(6-9-15)19(26)22-12-18(25)23-16-10-7-14(11-17(16)24)20(27)28-4/h5-11,24H,12H2,1-4H3,(H,22,26)(H,23,25). The van der Waals surface area contributed by atoms with Gasteiger partial charge in [0.2, 0.25) is 5.91 Å². The zero-order chi connectivity index (χ0) is 20.9. The van der Waals surface area contributed by atoms with Crippen LogP contribution in [0.25, 0.3) is 0 Å². The van der Waals surface area contributed by atoms with Crippen LogP contribution < -0.4 is 10.6 Å². The predicted molar refractivity (Wildman–Crippen MR) is 106 cm³/mol. The van der Waals surface area contributed by atoms with Crippen LogP contribution >= 0.6 is 0 Å². The molecule has 0 heterocycles. The van der Waals surface area contributed by atoms with E-state index >= 15 is 0 Å². The highest BCUT2D eigenvalue weighted by atomic mass is 16.5. The zero-order valence-corrected chi connectivity index (χ0v) is 16.3. The number of carbonyl (C=O) groups excluding carboxylic acids is 3. The van der Waals surface area contributed by atoms with Gasteiger partial charge in [-0.15, -0.1) is 0 Å². The van der Waals surface area contributed by atoms with Crippen LogP contribution in [0.3, 0.4) is 0 Å². The van der Waals surface area contributed by atoms with Gasteiger partial charge in [0.05, 0.1) is 24.9 Å². The van der Waals surface area contributed by atoms with E-state index in [1.54, 1.807) is 12.1 Å². The first-order chi connectivity index (χ1) is 13.1. The zero-order valence-electron chi connectivity index (χ0n) is 16.3. The van der Waals surface area contributed by atoms with Crippen molar-refractivity contribution in [3.05, 3.63) is 59.2 Å². The molecule has 2 amide bonds. The van der Waals surface area contributed by atoms with Gasteiger partial charge in [0.15, 0.2) is 0 Å². The van der Waals surface area contributed by atoms with Crippen LogP contribution in [0.2, 0.25) is 0 Å². The number of ether oxygens (including phenoxy) is 1. The predicted octanol–water partition coefficient (Wildman–Crippen LogP) is 2.84. The molecule has 0 saturated carbocycles. The van der Waals surface area contributed by atoms with Gasteiger partial charge in [-0.3, -0.25) is 9.59 Å². The van der Waals surface area contributed by atoms with Gasteiger partial charge in [-0.05, 0) is 41.3 Å². The second-order valence-corrected chi connectivity index (χ2v) is 7.28. The lowest BCUT2D eigenvalue weighted by Gasteiger charge is -2.19. The fourth-order valence-corrected chi connectivity index (χ4v) is 2.46. The molecule has 3 N–H and O–H groups in total. The molecule has 0 aliphatic rings. The third kappa shape index (κ3) is 5.33. The smallest absolute Gasteiger partial charge is 0.337 e. The van der Waals surface area contributed by atoms with Gasteiger partial charge in [-0.2, -0.15) is 0 Å². The summed E-state index contributed by atoms with van der Waals surface area (Å²) in [7, 11) is 1.23. The van der Waals surface area contributed by atoms with Crippen LogP contribution in [0.1, 0.15) is 47.1 Å². The van der Waals surface area contributed by atoms with Crippen LogP contribution in [-0.4, -0.2) is 36.5 Å². The van der Waals surface area contributed by atoms with Crippen molar-refractivity contribution in [2.45, 2.75) is 26.2 Å². The van der Waals surface area contributed by atoms with E-state index in [1.807, 2.05) is 12.1 Å². The maximum atomic E-state index is 12.2. The van der Waals surface area contributed by atoms with Crippen LogP contribution in [0.4, 0.5) is 5.69 Å². The first-order valence-corrected chi connectivity index (χ1v) is 8.71. The summed E-state index contributed by atoms with van der Waals surface area (Å²) in [6.07, 6.45) is 0. The molecule has 2 aromatic rings. The SMILES string of the molecule is COC(=O)c1ccc(NC(=O)CNC(=O)c2ccc(C(C)(C)C)cc2)c(O)c1. The Kier molecular flexibility index (Phi) is 6.41. The van der Waals surface area contributed by atoms with Crippen LogP contribution in [-0.2, 0) is 14.9 Å². The Hall–Kier alpha value is -3.35. The Bertz CT molecular complexity index is 883. The van der Waals surface area contributed by atoms with Crippen molar-refractivity contribution < 1.29 is 24.2 Å². The molecule has 2 aromatic carbocycles. The van der Waals surface area contributed by atoms with Crippen molar-refractivity contribution in [1.82, 2.24) is 5.32 Å². The van der Waals surface area contributed by atoms with Crippen LogP contribution in [0, 0.1) is 0 Å². The molecule has 0 saturated heterocycles. The monoisotopic (exact) mass is 384 g/mol. The molecule has 0 spiro atoms. The van der Waals surface area contributed by atoms with E-state index < -0.39 is 11.9 Å². The summed E-state index contributed by atoms with van der Waals surface area (Å²) in [6, 6.07) is 11.2. The number of anilines is 1. The molecule has 0 radical (unpaired) electrons. The number of nitrogens with one attached hydrogen (secondary N) is 2. The first-order valence-electron chi connectivity index (χ1n) is 8.71. The fraction of sp³-hybridized carbons (Fsp3) is 0.286. The number of amides is 2. The van der Waals surface area contributed by atoms with Crippen molar-refractivity contribution in [2.24, 2.45) is 0 Å². The minimum absolute atomic E-state index is 0.0136. The van der Waals surface area contributed by atoms with Gasteiger partial charge >= 0.3 is 5.97 Å². The van der Waals surface area contributed by atoms with Gasteiger partial charge in [0, 0.05) is 5.56 Å². The molecule has 2 rings (SSSR count). The van der Waals surface area contributed by atoms with E-state index in [1.165, 1.54) is 25.3 Å². The highest BCUT2D eigenvalue weighted by Gasteiger charge is 2.15. The Morgan fingerprint density at radius 1 is 1.00 bits per heavy atom. The van der Waals surface area contributed by atoms with Crippen LogP contribution in [0.15, 0.2) is 42.5 Å². The Morgan fingerprint density at radius 3 is 2.14 bits per heavy atom. The molecule has 7 nitrogen and oxygen atoms in total. The van der Waals surface area contributed by atoms with E-state index in [9.17, 15) is 19.5 Å². The number of benzene rings is 2. The molecule has 28 heavy (non-hydrogen) atoms. The number of hydrogen-bond donors (Lipinski definition) is 3. The Morgan fingerprint density at radius 2 is 1.61 bits per heavy atom. The molecule has 0 unspecified atom stereocenters. The van der Waals surface area contributed by atoms with Gasteiger partial charge < -0.3 is 20.5 Å². The van der Waals surface area contributed by atoms with E-state index in [0.29, 0.717) is 5.56 Å².